The highest BCUT2D eigenvalue weighted by Crippen LogP contribution is 2.43. The number of piperidine rings is 1. The molecule has 30 heavy (non-hydrogen) atoms. The van der Waals surface area contributed by atoms with E-state index in [0.717, 1.165) is 81.5 Å². The molecule has 7 heteroatoms. The summed E-state index contributed by atoms with van der Waals surface area (Å²) in [5, 5.41) is 14.0. The molecule has 7 nitrogen and oxygen atoms in total. The number of likely N-dealkylation sites (tertiary alicyclic amines) is 1. The Morgan fingerprint density at radius 3 is 2.60 bits per heavy atom. The highest BCUT2D eigenvalue weighted by atomic mass is 16.3. The van der Waals surface area contributed by atoms with E-state index in [4.69, 9.17) is 4.98 Å². The average Bonchev–Trinajstić information content (AvgIpc) is 3.33. The minimum atomic E-state index is -0.266. The molecule has 2 aromatic heterocycles. The predicted molar refractivity (Wildman–Crippen MR) is 115 cm³/mol. The van der Waals surface area contributed by atoms with Crippen LogP contribution < -0.4 is 4.90 Å². The van der Waals surface area contributed by atoms with Crippen LogP contribution in [0.2, 0.25) is 0 Å². The molecule has 1 saturated carbocycles. The quantitative estimate of drug-likeness (QED) is 0.844. The van der Waals surface area contributed by atoms with Crippen LogP contribution in [0.15, 0.2) is 30.7 Å². The maximum atomic E-state index is 13.5. The summed E-state index contributed by atoms with van der Waals surface area (Å²) in [6, 6.07) is 4.48. The zero-order valence-electron chi connectivity index (χ0n) is 17.7. The summed E-state index contributed by atoms with van der Waals surface area (Å²) in [6.45, 7) is 2.57. The van der Waals surface area contributed by atoms with Gasteiger partial charge in [0.25, 0.3) is 0 Å². The number of nitrogens with zero attached hydrogens (tertiary/aromatic N) is 5. The number of aryl methyl sites for hydroxylation is 1. The lowest BCUT2D eigenvalue weighted by atomic mass is 9.78. The number of aliphatic hydroxyl groups is 1. The smallest absolute Gasteiger partial charge is 0.230 e. The first-order chi connectivity index (χ1) is 14.5. The minimum absolute atomic E-state index is 0.182. The lowest BCUT2D eigenvalue weighted by molar-refractivity contribution is -0.139. The molecule has 5 rings (SSSR count). The maximum Gasteiger partial charge on any atom is 0.230 e. The van der Waals surface area contributed by atoms with Gasteiger partial charge in [0, 0.05) is 56.2 Å². The molecule has 2 aromatic rings. The second kappa shape index (κ2) is 7.69. The van der Waals surface area contributed by atoms with E-state index >= 15 is 0 Å². The fourth-order valence-electron chi connectivity index (χ4n) is 5.59. The van der Waals surface area contributed by atoms with E-state index in [1.807, 2.05) is 25.6 Å². The highest BCUT2D eigenvalue weighted by Gasteiger charge is 2.50. The number of anilines is 1. The van der Waals surface area contributed by atoms with Gasteiger partial charge in [-0.05, 0) is 57.1 Å². The summed E-state index contributed by atoms with van der Waals surface area (Å²) >= 11 is 0. The van der Waals surface area contributed by atoms with Gasteiger partial charge in [0.2, 0.25) is 5.91 Å². The molecular weight excluding hydrogens is 378 g/mol. The van der Waals surface area contributed by atoms with E-state index in [2.05, 4.69) is 27.0 Å². The van der Waals surface area contributed by atoms with Crippen LogP contribution in [0.1, 0.15) is 44.9 Å². The van der Waals surface area contributed by atoms with Crippen LogP contribution in [0.25, 0.3) is 11.1 Å². The van der Waals surface area contributed by atoms with E-state index in [-0.39, 0.29) is 11.5 Å². The maximum absolute atomic E-state index is 13.5. The summed E-state index contributed by atoms with van der Waals surface area (Å²) in [7, 11) is 1.91. The van der Waals surface area contributed by atoms with Crippen molar-refractivity contribution in [3.8, 4) is 11.1 Å². The number of carbonyl (C=O) groups excluding carboxylic acids is 1. The number of hydrogen-bond donors (Lipinski definition) is 1. The third kappa shape index (κ3) is 3.49. The average molecular weight is 410 g/mol. The molecule has 3 aliphatic rings. The number of amides is 1. The highest BCUT2D eigenvalue weighted by molar-refractivity contribution is 5.86. The van der Waals surface area contributed by atoms with Crippen LogP contribution in [0.5, 0.6) is 0 Å². The second-order valence-electron chi connectivity index (χ2n) is 9.32. The van der Waals surface area contributed by atoms with Crippen molar-refractivity contribution in [2.24, 2.45) is 12.5 Å². The molecule has 2 aliphatic heterocycles. The Bertz CT molecular complexity index is 903. The van der Waals surface area contributed by atoms with Gasteiger partial charge in [0.15, 0.2) is 0 Å². The van der Waals surface area contributed by atoms with Gasteiger partial charge in [-0.15, -0.1) is 0 Å². The molecule has 2 saturated heterocycles. The van der Waals surface area contributed by atoms with Crippen LogP contribution in [-0.2, 0) is 11.8 Å². The number of aromatic nitrogens is 3. The van der Waals surface area contributed by atoms with Crippen molar-refractivity contribution in [1.82, 2.24) is 19.7 Å². The van der Waals surface area contributed by atoms with Crippen molar-refractivity contribution in [2.45, 2.75) is 57.1 Å². The molecule has 4 heterocycles. The van der Waals surface area contributed by atoms with E-state index < -0.39 is 0 Å². The summed E-state index contributed by atoms with van der Waals surface area (Å²) in [4.78, 5) is 22.6. The van der Waals surface area contributed by atoms with Gasteiger partial charge in [-0.2, -0.15) is 5.10 Å². The van der Waals surface area contributed by atoms with Crippen LogP contribution in [0, 0.1) is 5.41 Å². The molecule has 1 atom stereocenters. The van der Waals surface area contributed by atoms with Crippen molar-refractivity contribution in [2.75, 3.05) is 24.5 Å². The molecule has 1 N–H and O–H groups in total. The van der Waals surface area contributed by atoms with E-state index in [1.165, 1.54) is 0 Å². The van der Waals surface area contributed by atoms with Crippen LogP contribution in [0.4, 0.5) is 5.82 Å². The SMILES string of the molecule is Cn1cc(-c2ccc(N3CCCC4(CCN([C@H]5CC[C@H](O)CC5)C4=O)C3)nc2)cn1. The molecule has 0 bridgehead atoms. The van der Waals surface area contributed by atoms with E-state index in [0.29, 0.717) is 11.9 Å². The molecular formula is C23H31N5O2. The Hall–Kier alpha value is -2.41. The summed E-state index contributed by atoms with van der Waals surface area (Å²) in [6.07, 6.45) is 12.0. The molecule has 1 amide bonds. The van der Waals surface area contributed by atoms with Gasteiger partial charge < -0.3 is 14.9 Å². The number of carbonyl (C=O) groups is 1. The molecule has 1 unspecified atom stereocenters. The fraction of sp³-hybridized carbons (Fsp3) is 0.609. The van der Waals surface area contributed by atoms with E-state index in [9.17, 15) is 9.90 Å². The van der Waals surface area contributed by atoms with Crippen molar-refractivity contribution in [1.29, 1.82) is 0 Å². The number of hydrogen-bond acceptors (Lipinski definition) is 5. The minimum Gasteiger partial charge on any atom is -0.393 e. The van der Waals surface area contributed by atoms with Gasteiger partial charge >= 0.3 is 0 Å². The third-order valence-corrected chi connectivity index (χ3v) is 7.34. The van der Waals surface area contributed by atoms with Gasteiger partial charge in [-0.1, -0.05) is 0 Å². The van der Waals surface area contributed by atoms with Crippen molar-refractivity contribution >= 4 is 11.7 Å². The zero-order valence-corrected chi connectivity index (χ0v) is 17.7. The van der Waals surface area contributed by atoms with Crippen molar-refractivity contribution in [3.05, 3.63) is 30.7 Å². The number of rotatable bonds is 3. The third-order valence-electron chi connectivity index (χ3n) is 7.34. The van der Waals surface area contributed by atoms with Gasteiger partial charge in [-0.25, -0.2) is 4.98 Å². The lowest BCUT2D eigenvalue weighted by Crippen LogP contribution is -2.50. The Balaban J connectivity index is 1.29. The van der Waals surface area contributed by atoms with Crippen molar-refractivity contribution in [3.63, 3.8) is 0 Å². The number of pyridine rings is 1. The Labute approximate surface area is 177 Å². The topological polar surface area (TPSA) is 74.5 Å². The molecule has 160 valence electrons. The Morgan fingerprint density at radius 2 is 1.90 bits per heavy atom. The van der Waals surface area contributed by atoms with Gasteiger partial charge in [0.05, 0.1) is 17.7 Å². The first kappa shape index (κ1) is 19.5. The molecule has 0 radical (unpaired) electrons. The summed E-state index contributed by atoms with van der Waals surface area (Å²) < 4.78 is 1.79. The molecule has 1 aliphatic carbocycles. The number of aliphatic hydroxyl groups excluding tert-OH is 1. The molecule has 3 fully saturated rings. The first-order valence-corrected chi connectivity index (χ1v) is 11.2. The van der Waals surface area contributed by atoms with E-state index in [1.54, 1.807) is 4.68 Å². The van der Waals surface area contributed by atoms with Gasteiger partial charge in [-0.3, -0.25) is 9.48 Å². The lowest BCUT2D eigenvalue weighted by Gasteiger charge is -2.41. The summed E-state index contributed by atoms with van der Waals surface area (Å²) in [5.41, 5.74) is 1.85. The zero-order chi connectivity index (χ0) is 20.7. The van der Waals surface area contributed by atoms with Crippen LogP contribution >= 0.6 is 0 Å². The normalized spacial score (nSPS) is 29.7. The molecule has 0 aromatic carbocycles. The Kier molecular flexibility index (Phi) is 5.01. The standard InChI is InChI=1S/C23H31N5O2/c1-26-15-18(14-25-26)17-3-8-21(24-13-17)27-11-2-9-23(16-27)10-12-28(22(23)30)19-4-6-20(29)7-5-19/h3,8,13-15,19-20,29H,2,4-7,9-12,16H2,1H3/t19-,20-,23?. The Morgan fingerprint density at radius 1 is 1.07 bits per heavy atom. The van der Waals surface area contributed by atoms with Crippen LogP contribution in [-0.4, -0.2) is 62.5 Å². The fourth-order valence-corrected chi connectivity index (χ4v) is 5.59. The molecule has 1 spiro atoms. The monoisotopic (exact) mass is 409 g/mol. The second-order valence-corrected chi connectivity index (χ2v) is 9.32. The predicted octanol–water partition coefficient (Wildman–Crippen LogP) is 2.60. The first-order valence-electron chi connectivity index (χ1n) is 11.2. The van der Waals surface area contributed by atoms with Gasteiger partial charge in [0.1, 0.15) is 5.82 Å². The van der Waals surface area contributed by atoms with Crippen LogP contribution in [0.3, 0.4) is 0 Å². The van der Waals surface area contributed by atoms with Crippen molar-refractivity contribution < 1.29 is 9.90 Å². The largest absolute Gasteiger partial charge is 0.393 e. The summed E-state index contributed by atoms with van der Waals surface area (Å²) in [5.74, 6) is 1.29.